The first kappa shape index (κ1) is 24.8. The average molecular weight is 462 g/mol. The van der Waals surface area contributed by atoms with E-state index >= 15 is 0 Å². The fourth-order valence-electron chi connectivity index (χ4n) is 3.57. The molecular weight excluding hydrogens is 430 g/mol. The molecule has 0 bridgehead atoms. The van der Waals surface area contributed by atoms with E-state index in [4.69, 9.17) is 4.74 Å². The van der Waals surface area contributed by atoms with Crippen molar-refractivity contribution < 1.29 is 19.1 Å². The lowest BCUT2D eigenvalue weighted by Gasteiger charge is -2.22. The van der Waals surface area contributed by atoms with Gasteiger partial charge in [0.1, 0.15) is 5.60 Å². The monoisotopic (exact) mass is 461 g/mol. The maximum absolute atomic E-state index is 13.3. The van der Waals surface area contributed by atoms with Crippen LogP contribution >= 0.6 is 0 Å². The van der Waals surface area contributed by atoms with Crippen molar-refractivity contribution in [2.75, 3.05) is 24.2 Å². The predicted octanol–water partition coefficient (Wildman–Crippen LogP) is 5.46. The summed E-state index contributed by atoms with van der Waals surface area (Å²) in [6, 6.07) is 18.5. The van der Waals surface area contributed by atoms with Crippen molar-refractivity contribution in [1.82, 2.24) is 4.90 Å². The van der Waals surface area contributed by atoms with E-state index in [9.17, 15) is 14.4 Å². The lowest BCUT2D eigenvalue weighted by molar-refractivity contribution is -0.116. The van der Waals surface area contributed by atoms with Crippen LogP contribution in [-0.2, 0) is 16.0 Å². The van der Waals surface area contributed by atoms with Gasteiger partial charge in [-0.25, -0.2) is 4.79 Å². The molecule has 3 aromatic rings. The van der Waals surface area contributed by atoms with E-state index in [1.54, 1.807) is 40.0 Å². The number of amides is 3. The minimum Gasteiger partial charge on any atom is -0.444 e. The Morgan fingerprint density at radius 1 is 0.882 bits per heavy atom. The Bertz CT molecular complexity index is 1210. The zero-order valence-electron chi connectivity index (χ0n) is 20.3. The molecule has 3 rings (SSSR count). The lowest BCUT2D eigenvalue weighted by atomic mass is 10.0. The number of likely N-dealkylation sites (N-methyl/N-ethyl adjacent to an activating group) is 1. The summed E-state index contributed by atoms with van der Waals surface area (Å²) < 4.78 is 5.36. The molecule has 0 aromatic heterocycles. The molecule has 0 heterocycles. The van der Waals surface area contributed by atoms with Crippen molar-refractivity contribution in [3.8, 4) is 0 Å². The highest BCUT2D eigenvalue weighted by Gasteiger charge is 2.22. The molecule has 0 spiro atoms. The molecule has 0 aliphatic carbocycles. The maximum Gasteiger partial charge on any atom is 0.412 e. The van der Waals surface area contributed by atoms with Gasteiger partial charge in [-0.15, -0.1) is 0 Å². The van der Waals surface area contributed by atoms with Gasteiger partial charge in [-0.2, -0.15) is 0 Å². The van der Waals surface area contributed by atoms with Gasteiger partial charge < -0.3 is 15.0 Å². The first-order valence-electron chi connectivity index (χ1n) is 11.2. The zero-order valence-corrected chi connectivity index (χ0v) is 20.3. The number of fused-ring (bicyclic) bond motifs is 1. The Balaban J connectivity index is 1.83. The molecule has 34 heavy (non-hydrogen) atoms. The Labute approximate surface area is 200 Å². The highest BCUT2D eigenvalue weighted by Crippen LogP contribution is 2.26. The highest BCUT2D eigenvalue weighted by molar-refractivity contribution is 6.08. The summed E-state index contributed by atoms with van der Waals surface area (Å²) in [7, 11) is 1.56. The van der Waals surface area contributed by atoms with Crippen LogP contribution in [0.1, 0.15) is 43.6 Å². The second kappa shape index (κ2) is 10.4. The van der Waals surface area contributed by atoms with Crippen molar-refractivity contribution >= 4 is 40.1 Å². The van der Waals surface area contributed by atoms with Gasteiger partial charge in [-0.05, 0) is 61.7 Å². The van der Waals surface area contributed by atoms with Gasteiger partial charge in [-0.1, -0.05) is 49.4 Å². The van der Waals surface area contributed by atoms with E-state index in [-0.39, 0.29) is 18.0 Å². The number of para-hydroxylation sites is 1. The molecule has 0 saturated heterocycles. The molecule has 2 N–H and O–H groups in total. The van der Waals surface area contributed by atoms with Crippen molar-refractivity contribution in [2.24, 2.45) is 0 Å². The molecule has 0 saturated carbocycles. The number of nitrogens with one attached hydrogen (secondary N) is 2. The van der Waals surface area contributed by atoms with Gasteiger partial charge >= 0.3 is 6.09 Å². The van der Waals surface area contributed by atoms with Gasteiger partial charge in [0.25, 0.3) is 5.91 Å². The Morgan fingerprint density at radius 3 is 2.15 bits per heavy atom. The van der Waals surface area contributed by atoms with Crippen LogP contribution in [0.2, 0.25) is 0 Å². The van der Waals surface area contributed by atoms with Crippen LogP contribution in [0.25, 0.3) is 10.8 Å². The van der Waals surface area contributed by atoms with Crippen LogP contribution in [0.15, 0.2) is 60.7 Å². The number of anilines is 2. The van der Waals surface area contributed by atoms with Crippen LogP contribution in [0.4, 0.5) is 16.2 Å². The highest BCUT2D eigenvalue weighted by atomic mass is 16.6. The third-order valence-corrected chi connectivity index (χ3v) is 5.15. The van der Waals surface area contributed by atoms with E-state index < -0.39 is 17.6 Å². The number of ether oxygens (including phenoxy) is 1. The van der Waals surface area contributed by atoms with E-state index in [0.717, 1.165) is 28.4 Å². The van der Waals surface area contributed by atoms with Gasteiger partial charge in [-0.3, -0.25) is 14.9 Å². The molecule has 0 aliphatic heterocycles. The van der Waals surface area contributed by atoms with Gasteiger partial charge in [0.2, 0.25) is 5.91 Å². The quantitative estimate of drug-likeness (QED) is 0.510. The smallest absolute Gasteiger partial charge is 0.412 e. The van der Waals surface area contributed by atoms with E-state index in [2.05, 4.69) is 10.6 Å². The Kier molecular flexibility index (Phi) is 7.56. The first-order valence-corrected chi connectivity index (χ1v) is 11.2. The van der Waals surface area contributed by atoms with Gasteiger partial charge in [0.15, 0.2) is 0 Å². The summed E-state index contributed by atoms with van der Waals surface area (Å²) in [5.74, 6) is -0.699. The number of carbonyl (C=O) groups excluding carboxylic acids is 3. The topological polar surface area (TPSA) is 87.7 Å². The van der Waals surface area contributed by atoms with Crippen LogP contribution in [0, 0.1) is 0 Å². The second-order valence-corrected chi connectivity index (χ2v) is 9.09. The Hall–Kier alpha value is -3.87. The maximum atomic E-state index is 13.3. The molecule has 0 atom stereocenters. The lowest BCUT2D eigenvalue weighted by Crippen LogP contribution is -2.35. The molecule has 0 unspecified atom stereocenters. The SMILES string of the molecule is CCc1ccccc1NC(=O)CN(C)C(=O)c1cc2ccccc2cc1NC(=O)OC(C)(C)C. The second-order valence-electron chi connectivity index (χ2n) is 9.09. The molecule has 178 valence electrons. The molecule has 3 aromatic carbocycles. The summed E-state index contributed by atoms with van der Waals surface area (Å²) in [6.07, 6.45) is 0.121. The number of rotatable bonds is 6. The summed E-state index contributed by atoms with van der Waals surface area (Å²) in [5, 5.41) is 7.28. The number of aryl methyl sites for hydroxylation is 1. The van der Waals surface area contributed by atoms with Crippen LogP contribution < -0.4 is 10.6 Å². The fraction of sp³-hybridized carbons (Fsp3) is 0.296. The van der Waals surface area contributed by atoms with Crippen molar-refractivity contribution in [3.05, 3.63) is 71.8 Å². The number of nitrogens with zero attached hydrogens (tertiary/aromatic N) is 1. The predicted molar refractivity (Wildman–Crippen MR) is 135 cm³/mol. The third-order valence-electron chi connectivity index (χ3n) is 5.15. The number of hydrogen-bond acceptors (Lipinski definition) is 4. The molecule has 3 amide bonds. The average Bonchev–Trinajstić information content (AvgIpc) is 2.77. The van der Waals surface area contributed by atoms with Crippen LogP contribution in [-0.4, -0.2) is 42.0 Å². The molecule has 0 aliphatic rings. The van der Waals surface area contributed by atoms with Crippen molar-refractivity contribution in [1.29, 1.82) is 0 Å². The van der Waals surface area contributed by atoms with E-state index in [0.29, 0.717) is 5.69 Å². The number of benzene rings is 3. The Morgan fingerprint density at radius 2 is 1.50 bits per heavy atom. The normalized spacial score (nSPS) is 11.1. The summed E-state index contributed by atoms with van der Waals surface area (Å²) in [5.41, 5.74) is 1.65. The van der Waals surface area contributed by atoms with Crippen LogP contribution in [0.5, 0.6) is 0 Å². The summed E-state index contributed by atoms with van der Waals surface area (Å²) in [4.78, 5) is 39.8. The fourth-order valence-corrected chi connectivity index (χ4v) is 3.57. The summed E-state index contributed by atoms with van der Waals surface area (Å²) >= 11 is 0. The van der Waals surface area contributed by atoms with E-state index in [1.807, 2.05) is 55.5 Å². The number of carbonyl (C=O) groups is 3. The van der Waals surface area contributed by atoms with Gasteiger partial charge in [0, 0.05) is 12.7 Å². The largest absolute Gasteiger partial charge is 0.444 e. The third kappa shape index (κ3) is 6.34. The molecule has 0 radical (unpaired) electrons. The van der Waals surface area contributed by atoms with Crippen molar-refractivity contribution in [3.63, 3.8) is 0 Å². The first-order chi connectivity index (χ1) is 16.1. The molecule has 7 heteroatoms. The standard InChI is InChI=1S/C27H31N3O4/c1-6-18-11-9-10-14-22(18)28-24(31)17-30(5)25(32)21-15-19-12-7-8-13-20(19)16-23(21)29-26(33)34-27(2,3)4/h7-16H,6,17H2,1-5H3,(H,28,31)(H,29,33). The minimum absolute atomic E-state index is 0.143. The molecular formula is C27H31N3O4. The van der Waals surface area contributed by atoms with Crippen molar-refractivity contribution in [2.45, 2.75) is 39.7 Å². The van der Waals surface area contributed by atoms with Gasteiger partial charge in [0.05, 0.1) is 17.8 Å². The van der Waals surface area contributed by atoms with E-state index in [1.165, 1.54) is 4.90 Å². The minimum atomic E-state index is -0.686. The van der Waals surface area contributed by atoms with Crippen LogP contribution in [0.3, 0.4) is 0 Å². The summed E-state index contributed by atoms with van der Waals surface area (Å²) in [6.45, 7) is 7.17. The molecule has 7 nitrogen and oxygen atoms in total. The molecule has 0 fully saturated rings. The zero-order chi connectivity index (χ0) is 24.9. The number of hydrogen-bond donors (Lipinski definition) is 2.